The van der Waals surface area contributed by atoms with E-state index in [1.54, 1.807) is 56.3 Å². The van der Waals surface area contributed by atoms with Crippen LogP contribution in [0.3, 0.4) is 0 Å². The maximum Gasteiger partial charge on any atom is 0.326 e. The molecule has 0 saturated carbocycles. The highest BCUT2D eigenvalue weighted by Crippen LogP contribution is 2.27. The molecule has 438 valence electrons. The number of benzene rings is 2. The van der Waals surface area contributed by atoms with Crippen LogP contribution in [0.4, 0.5) is 0 Å². The smallest absolute Gasteiger partial charge is 0.326 e. The van der Waals surface area contributed by atoms with E-state index in [1.807, 2.05) is 20.1 Å². The number of likely N-dealkylation sites (tertiary alicyclic amines) is 2. The lowest BCUT2D eigenvalue weighted by atomic mass is 10.0. The maximum absolute atomic E-state index is 14.8. The number of nitrogens with one attached hydrogen (secondary N) is 7. The number of aromatic nitrogens is 2. The fourth-order valence-electron chi connectivity index (χ4n) is 9.95. The number of aromatic amines is 1. The zero-order valence-electron chi connectivity index (χ0n) is 46.5. The summed E-state index contributed by atoms with van der Waals surface area (Å²) in [4.78, 5) is 136. The quantitative estimate of drug-likeness (QED) is 0.0401. The van der Waals surface area contributed by atoms with Gasteiger partial charge >= 0.3 is 5.97 Å². The van der Waals surface area contributed by atoms with Crippen molar-refractivity contribution in [2.75, 3.05) is 31.6 Å². The molecule has 0 unspecified atom stereocenters. The Morgan fingerprint density at radius 2 is 1.25 bits per heavy atom. The molecule has 8 amide bonds. The molecule has 2 aromatic carbocycles. The second kappa shape index (κ2) is 31.7. The van der Waals surface area contributed by atoms with E-state index in [0.29, 0.717) is 61.2 Å². The third-order valence-electron chi connectivity index (χ3n) is 14.3. The average molecular weight is 1130 g/mol. The highest BCUT2D eigenvalue weighted by Gasteiger charge is 2.45. The van der Waals surface area contributed by atoms with Crippen LogP contribution in [0.2, 0.25) is 0 Å². The summed E-state index contributed by atoms with van der Waals surface area (Å²) in [5, 5.41) is 36.5. The average Bonchev–Trinajstić information content (AvgIpc) is 4.26. The number of unbranched alkanes of at least 4 members (excludes halogenated alkanes) is 1. The predicted molar refractivity (Wildman–Crippen MR) is 301 cm³/mol. The number of carbonyl (C=O) groups excluding carboxylic acids is 8. The second-order valence-corrected chi connectivity index (χ2v) is 22.4. The Kier molecular flexibility index (Phi) is 25.2. The third kappa shape index (κ3) is 19.1. The molecule has 0 radical (unpaired) electrons. The van der Waals surface area contributed by atoms with E-state index in [4.69, 9.17) is 11.5 Å². The molecule has 0 bridgehead atoms. The molecule has 0 aliphatic carbocycles. The van der Waals surface area contributed by atoms with Crippen LogP contribution in [0.15, 0.2) is 67.1 Å². The number of rotatable bonds is 31. The van der Waals surface area contributed by atoms with E-state index < -0.39 is 114 Å². The van der Waals surface area contributed by atoms with Crippen LogP contribution in [0.5, 0.6) is 5.75 Å². The molecule has 1 aromatic heterocycles. The number of carboxylic acid groups (broad SMARTS) is 1. The van der Waals surface area contributed by atoms with Gasteiger partial charge in [0, 0.05) is 44.2 Å². The van der Waals surface area contributed by atoms with Gasteiger partial charge in [0.2, 0.25) is 47.3 Å². The van der Waals surface area contributed by atoms with Crippen LogP contribution in [0, 0.1) is 11.8 Å². The summed E-state index contributed by atoms with van der Waals surface area (Å²) in [5.41, 5.74) is 13.7. The molecule has 2 aliphatic heterocycles. The number of carboxylic acids is 1. The lowest BCUT2D eigenvalue weighted by molar-refractivity contribution is -0.148. The first kappa shape index (κ1) is 63.8. The predicted octanol–water partition coefficient (Wildman–Crippen LogP) is 1.03. The summed E-state index contributed by atoms with van der Waals surface area (Å²) in [5.74, 6) is -6.12. The van der Waals surface area contributed by atoms with Crippen molar-refractivity contribution in [2.24, 2.45) is 23.3 Å². The third-order valence-corrected chi connectivity index (χ3v) is 14.9. The normalized spacial score (nSPS) is 17.8. The lowest BCUT2D eigenvalue weighted by Crippen LogP contribution is -2.60. The summed E-state index contributed by atoms with van der Waals surface area (Å²) >= 11 is 1.48. The van der Waals surface area contributed by atoms with E-state index in [0.717, 1.165) is 0 Å². The Morgan fingerprint density at radius 1 is 0.688 bits per heavy atom. The molecule has 9 atom stereocenters. The Morgan fingerprint density at radius 3 is 1.86 bits per heavy atom. The number of nitrogens with two attached hydrogens (primary N) is 2. The second-order valence-electron chi connectivity index (χ2n) is 21.4. The Bertz CT molecular complexity index is 2540. The van der Waals surface area contributed by atoms with E-state index in [9.17, 15) is 53.4 Å². The summed E-state index contributed by atoms with van der Waals surface area (Å²) in [7, 11) is 0. The minimum Gasteiger partial charge on any atom is -0.508 e. The number of hydrogen-bond donors (Lipinski definition) is 11. The van der Waals surface area contributed by atoms with Gasteiger partial charge in [-0.05, 0) is 111 Å². The number of imidazole rings is 1. The Hall–Kier alpha value is -7.05. The van der Waals surface area contributed by atoms with Gasteiger partial charge in [-0.15, -0.1) is 0 Å². The molecule has 2 aliphatic rings. The van der Waals surface area contributed by atoms with E-state index >= 15 is 0 Å². The van der Waals surface area contributed by atoms with Gasteiger partial charge in [0.05, 0.1) is 12.4 Å². The van der Waals surface area contributed by atoms with Crippen molar-refractivity contribution in [2.45, 2.75) is 159 Å². The van der Waals surface area contributed by atoms with Gasteiger partial charge < -0.3 is 68.4 Å². The zero-order valence-corrected chi connectivity index (χ0v) is 47.3. The molecule has 24 heteroatoms. The largest absolute Gasteiger partial charge is 0.508 e. The Labute approximate surface area is 472 Å². The monoisotopic (exact) mass is 1130 g/mol. The van der Waals surface area contributed by atoms with Crippen LogP contribution in [0.1, 0.15) is 102 Å². The number of phenolic OH excluding ortho intramolecular Hbond substituents is 1. The van der Waals surface area contributed by atoms with Crippen molar-refractivity contribution >= 4 is 65.0 Å². The standard InChI is InChI=1S/C56H82N12O11S/c1-33(2)27-39(58)48(70)61-41(22-26-80-5)50(72)65-44(29-36-18-20-38(69)21-19-36)54(76)68-25-12-17-46(68)55(77)67-24-11-16-45(67)53(75)64-43(30-37-31-59-32-60-37)51(73)62-40(15-9-10-23-57)49(71)63-42(28-35-13-7-6-8-14-35)52(74)66-47(34(3)4)56(78)79/h6-8,13-14,18-21,31-34,39-47,69H,9-12,15-17,22-30,57-58H2,1-5H3,(H,59,60)(H,61,70)(H,62,73)(H,63,71)(H,64,75)(H,65,72)(H,66,74)(H,78,79)/t39-,40-,41-,42-,43-,44-,45-,46-,47-/m0/s1. The van der Waals surface area contributed by atoms with Crippen molar-refractivity contribution < 1.29 is 53.4 Å². The summed E-state index contributed by atoms with van der Waals surface area (Å²) in [6.45, 7) is 7.78. The van der Waals surface area contributed by atoms with Crippen molar-refractivity contribution in [3.05, 3.63) is 83.9 Å². The van der Waals surface area contributed by atoms with Gasteiger partial charge in [0.15, 0.2) is 0 Å². The van der Waals surface area contributed by atoms with Gasteiger partial charge in [-0.3, -0.25) is 38.4 Å². The molecule has 3 heterocycles. The van der Waals surface area contributed by atoms with Crippen LogP contribution in [-0.2, 0) is 62.4 Å². The summed E-state index contributed by atoms with van der Waals surface area (Å²) in [6.07, 6.45) is 7.61. The molecular formula is C56H82N12O11S. The fourth-order valence-corrected chi connectivity index (χ4v) is 10.4. The van der Waals surface area contributed by atoms with Crippen molar-refractivity contribution in [1.82, 2.24) is 51.7 Å². The number of hydrogen-bond acceptors (Lipinski definition) is 14. The maximum atomic E-state index is 14.8. The molecule has 2 saturated heterocycles. The summed E-state index contributed by atoms with van der Waals surface area (Å²) in [6, 6.07) is 4.75. The molecule has 13 N–H and O–H groups in total. The SMILES string of the molecule is CSCC[C@H](NC(=O)[C@@H](N)CC(C)C)C(=O)N[C@@H](Cc1ccc(O)cc1)C(=O)N1CCC[C@H]1C(=O)N1CCC[C@H]1C(=O)N[C@@H](Cc1cnc[nH]1)C(=O)N[C@@H](CCCCN)C(=O)N[C@@H](Cc1ccccc1)C(=O)N[C@H](C(=O)O)C(C)C. The minimum atomic E-state index is -1.32. The first-order chi connectivity index (χ1) is 38.2. The number of aromatic hydroxyl groups is 1. The topological polar surface area (TPSA) is 353 Å². The van der Waals surface area contributed by atoms with Gasteiger partial charge in [-0.1, -0.05) is 70.2 Å². The minimum absolute atomic E-state index is 0.000322. The van der Waals surface area contributed by atoms with Crippen molar-refractivity contribution in [1.29, 1.82) is 0 Å². The number of nitrogens with zero attached hydrogens (tertiary/aromatic N) is 3. The number of phenols is 1. The summed E-state index contributed by atoms with van der Waals surface area (Å²) < 4.78 is 0. The number of thioether (sulfide) groups is 1. The molecule has 2 fully saturated rings. The number of carbonyl (C=O) groups is 9. The number of H-pyrrole nitrogens is 1. The van der Waals surface area contributed by atoms with Crippen LogP contribution in [-0.4, -0.2) is 169 Å². The van der Waals surface area contributed by atoms with E-state index in [1.165, 1.54) is 46.2 Å². The van der Waals surface area contributed by atoms with Gasteiger partial charge in [0.25, 0.3) is 0 Å². The zero-order chi connectivity index (χ0) is 58.5. The molecule has 0 spiro atoms. The molecule has 3 aromatic rings. The molecule has 80 heavy (non-hydrogen) atoms. The Balaban J connectivity index is 1.36. The highest BCUT2D eigenvalue weighted by atomic mass is 32.2. The van der Waals surface area contributed by atoms with Crippen molar-refractivity contribution in [3.8, 4) is 5.75 Å². The van der Waals surface area contributed by atoms with Gasteiger partial charge in [0.1, 0.15) is 54.1 Å². The van der Waals surface area contributed by atoms with Gasteiger partial charge in [-0.25, -0.2) is 9.78 Å². The first-order valence-corrected chi connectivity index (χ1v) is 29.0. The van der Waals surface area contributed by atoms with Gasteiger partial charge in [-0.2, -0.15) is 11.8 Å². The molecular weight excluding hydrogens is 1050 g/mol. The van der Waals surface area contributed by atoms with Crippen LogP contribution >= 0.6 is 11.8 Å². The van der Waals surface area contributed by atoms with Crippen LogP contribution in [0.25, 0.3) is 0 Å². The molecule has 23 nitrogen and oxygen atoms in total. The fraction of sp³-hybridized carbons (Fsp3) is 0.571. The lowest BCUT2D eigenvalue weighted by Gasteiger charge is -2.34. The first-order valence-electron chi connectivity index (χ1n) is 27.6. The van der Waals surface area contributed by atoms with Crippen molar-refractivity contribution in [3.63, 3.8) is 0 Å². The number of amides is 8. The van der Waals surface area contributed by atoms with Crippen LogP contribution < -0.4 is 43.4 Å². The molecule has 5 rings (SSSR count). The van der Waals surface area contributed by atoms with E-state index in [2.05, 4.69) is 41.9 Å². The number of aliphatic carboxylic acids is 1. The van der Waals surface area contributed by atoms with E-state index in [-0.39, 0.29) is 69.7 Å². The highest BCUT2D eigenvalue weighted by molar-refractivity contribution is 7.98.